The minimum atomic E-state index is -4.69. The predicted octanol–water partition coefficient (Wildman–Crippen LogP) is 4.55. The van der Waals surface area contributed by atoms with Crippen molar-refractivity contribution in [3.63, 3.8) is 0 Å². The lowest BCUT2D eigenvalue weighted by atomic mass is 10.0. The first-order valence-electron chi connectivity index (χ1n) is 9.75. The lowest BCUT2D eigenvalue weighted by Gasteiger charge is -2.26. The van der Waals surface area contributed by atoms with Crippen LogP contribution in [0, 0.1) is 0 Å². The number of para-hydroxylation sites is 1. The van der Waals surface area contributed by atoms with Crippen LogP contribution in [0.5, 0.6) is 0 Å². The van der Waals surface area contributed by atoms with Crippen LogP contribution in [0.25, 0.3) is 0 Å². The third-order valence-electron chi connectivity index (χ3n) is 5.20. The molecule has 1 atom stereocenters. The number of nitrogens with zero attached hydrogens (tertiary/aromatic N) is 1. The fourth-order valence-electron chi connectivity index (χ4n) is 3.68. The zero-order valence-corrected chi connectivity index (χ0v) is 16.6. The molecule has 0 aliphatic carbocycles. The Labute approximate surface area is 181 Å². The van der Waals surface area contributed by atoms with Gasteiger partial charge in [0.15, 0.2) is 0 Å². The van der Waals surface area contributed by atoms with E-state index in [1.54, 1.807) is 42.5 Å². The molecule has 0 radical (unpaired) electrons. The molecule has 32 heavy (non-hydrogen) atoms. The van der Waals surface area contributed by atoms with Crippen molar-refractivity contribution >= 4 is 23.4 Å². The number of carbonyl (C=O) groups excluding carboxylic acids is 3. The molecular weight excluding hydrogens is 421 g/mol. The second kappa shape index (κ2) is 8.30. The summed E-state index contributed by atoms with van der Waals surface area (Å²) in [4.78, 5) is 40.0. The van der Waals surface area contributed by atoms with Gasteiger partial charge in [-0.25, -0.2) is 0 Å². The van der Waals surface area contributed by atoms with Gasteiger partial charge < -0.3 is 5.32 Å². The lowest BCUT2D eigenvalue weighted by molar-refractivity contribution is -0.137. The van der Waals surface area contributed by atoms with E-state index in [0.717, 1.165) is 17.0 Å². The van der Waals surface area contributed by atoms with E-state index in [4.69, 9.17) is 0 Å². The fourth-order valence-corrected chi connectivity index (χ4v) is 3.68. The summed E-state index contributed by atoms with van der Waals surface area (Å²) < 4.78 is 40.1. The molecule has 3 aromatic carbocycles. The van der Waals surface area contributed by atoms with Crippen molar-refractivity contribution < 1.29 is 27.6 Å². The SMILES string of the molecule is O=C(Nc1ccccc1C(F)(F)F)C(Cc1ccccc1)N1C(=O)c2ccccc2C1=O. The van der Waals surface area contributed by atoms with Gasteiger partial charge in [-0.3, -0.25) is 19.3 Å². The van der Waals surface area contributed by atoms with Gasteiger partial charge in [0.1, 0.15) is 6.04 Å². The van der Waals surface area contributed by atoms with Crippen LogP contribution < -0.4 is 5.32 Å². The Hall–Kier alpha value is -3.94. The number of carbonyl (C=O) groups is 3. The van der Waals surface area contributed by atoms with Gasteiger partial charge in [0.05, 0.1) is 22.4 Å². The Morgan fingerprint density at radius 2 is 1.34 bits per heavy atom. The molecule has 162 valence electrons. The molecule has 1 heterocycles. The molecule has 0 spiro atoms. The summed E-state index contributed by atoms with van der Waals surface area (Å²) >= 11 is 0. The minimum absolute atomic E-state index is 0.0493. The van der Waals surface area contributed by atoms with Crippen LogP contribution in [-0.2, 0) is 17.4 Å². The summed E-state index contributed by atoms with van der Waals surface area (Å²) in [6, 6.07) is 18.0. The summed E-state index contributed by atoms with van der Waals surface area (Å²) in [7, 11) is 0. The highest BCUT2D eigenvalue weighted by Gasteiger charge is 2.43. The van der Waals surface area contributed by atoms with Gasteiger partial charge in [-0.05, 0) is 29.8 Å². The smallest absolute Gasteiger partial charge is 0.324 e. The molecule has 1 N–H and O–H groups in total. The largest absolute Gasteiger partial charge is 0.418 e. The maximum atomic E-state index is 13.4. The number of rotatable bonds is 5. The highest BCUT2D eigenvalue weighted by atomic mass is 19.4. The van der Waals surface area contributed by atoms with Crippen LogP contribution >= 0.6 is 0 Å². The fraction of sp³-hybridized carbons (Fsp3) is 0.125. The summed E-state index contributed by atoms with van der Waals surface area (Å²) in [6.45, 7) is 0. The van der Waals surface area contributed by atoms with Crippen LogP contribution in [0.15, 0.2) is 78.9 Å². The Balaban J connectivity index is 1.71. The number of hydrogen-bond acceptors (Lipinski definition) is 3. The third-order valence-corrected chi connectivity index (χ3v) is 5.20. The van der Waals surface area contributed by atoms with E-state index in [0.29, 0.717) is 5.56 Å². The van der Waals surface area contributed by atoms with Gasteiger partial charge in [-0.15, -0.1) is 0 Å². The maximum absolute atomic E-state index is 13.4. The first-order valence-corrected chi connectivity index (χ1v) is 9.75. The lowest BCUT2D eigenvalue weighted by Crippen LogP contribution is -2.48. The number of anilines is 1. The summed E-state index contributed by atoms with van der Waals surface area (Å²) in [5.74, 6) is -2.21. The van der Waals surface area contributed by atoms with Crippen molar-refractivity contribution in [2.45, 2.75) is 18.6 Å². The highest BCUT2D eigenvalue weighted by molar-refractivity contribution is 6.23. The minimum Gasteiger partial charge on any atom is -0.324 e. The second-order valence-electron chi connectivity index (χ2n) is 7.26. The van der Waals surface area contributed by atoms with Crippen LogP contribution in [0.1, 0.15) is 31.8 Å². The molecule has 8 heteroatoms. The molecule has 3 aromatic rings. The number of amides is 3. The van der Waals surface area contributed by atoms with E-state index in [-0.39, 0.29) is 17.5 Å². The molecule has 0 saturated heterocycles. The van der Waals surface area contributed by atoms with Crippen molar-refractivity contribution in [1.82, 2.24) is 4.90 Å². The monoisotopic (exact) mass is 438 g/mol. The van der Waals surface area contributed by atoms with E-state index in [1.165, 1.54) is 24.3 Å². The van der Waals surface area contributed by atoms with Crippen molar-refractivity contribution in [3.8, 4) is 0 Å². The number of nitrogens with one attached hydrogen (secondary N) is 1. The molecule has 5 nitrogen and oxygen atoms in total. The Bertz CT molecular complexity index is 1160. The van der Waals surface area contributed by atoms with Gasteiger partial charge >= 0.3 is 6.18 Å². The van der Waals surface area contributed by atoms with Gasteiger partial charge in [-0.2, -0.15) is 13.2 Å². The predicted molar refractivity (Wildman–Crippen MR) is 111 cm³/mol. The van der Waals surface area contributed by atoms with E-state index in [1.807, 2.05) is 0 Å². The molecule has 1 unspecified atom stereocenters. The van der Waals surface area contributed by atoms with Crippen LogP contribution in [-0.4, -0.2) is 28.7 Å². The van der Waals surface area contributed by atoms with Gasteiger partial charge in [0, 0.05) is 6.42 Å². The Kier molecular flexibility index (Phi) is 5.52. The second-order valence-corrected chi connectivity index (χ2v) is 7.26. The van der Waals surface area contributed by atoms with E-state index >= 15 is 0 Å². The summed E-state index contributed by atoms with van der Waals surface area (Å²) in [6.07, 6.45) is -4.74. The van der Waals surface area contributed by atoms with Crippen molar-refractivity contribution in [2.75, 3.05) is 5.32 Å². The average molecular weight is 438 g/mol. The molecule has 1 aliphatic heterocycles. The Morgan fingerprint density at radius 1 is 0.812 bits per heavy atom. The van der Waals surface area contributed by atoms with Crippen molar-refractivity contribution in [2.24, 2.45) is 0 Å². The quantitative estimate of drug-likeness (QED) is 0.595. The van der Waals surface area contributed by atoms with Crippen molar-refractivity contribution in [1.29, 1.82) is 0 Å². The number of imide groups is 1. The van der Waals surface area contributed by atoms with Crippen molar-refractivity contribution in [3.05, 3.63) is 101 Å². The Morgan fingerprint density at radius 3 is 1.94 bits per heavy atom. The first-order chi connectivity index (χ1) is 15.3. The molecule has 0 bridgehead atoms. The molecule has 0 aromatic heterocycles. The summed E-state index contributed by atoms with van der Waals surface area (Å²) in [5, 5.41) is 2.28. The first kappa shape index (κ1) is 21.3. The maximum Gasteiger partial charge on any atom is 0.418 e. The molecule has 0 fully saturated rings. The number of halogens is 3. The number of fused-ring (bicyclic) bond motifs is 1. The topological polar surface area (TPSA) is 66.5 Å². The standard InChI is InChI=1S/C24H17F3N2O3/c25-24(26,27)18-12-6-7-13-19(18)28-21(30)20(14-15-8-2-1-3-9-15)29-22(31)16-10-4-5-11-17(16)23(29)32/h1-13,20H,14H2,(H,28,30). The zero-order chi connectivity index (χ0) is 22.9. The molecule has 0 saturated carbocycles. The van der Waals surface area contributed by atoms with Gasteiger partial charge in [0.25, 0.3) is 11.8 Å². The zero-order valence-electron chi connectivity index (χ0n) is 16.6. The van der Waals surface area contributed by atoms with E-state index in [9.17, 15) is 27.6 Å². The normalized spacial score (nSPS) is 14.3. The summed E-state index contributed by atoms with van der Waals surface area (Å²) in [5.41, 5.74) is -0.514. The van der Waals surface area contributed by atoms with E-state index in [2.05, 4.69) is 5.32 Å². The average Bonchev–Trinajstić information content (AvgIpc) is 3.03. The van der Waals surface area contributed by atoms with Gasteiger partial charge in [-0.1, -0.05) is 54.6 Å². The highest BCUT2D eigenvalue weighted by Crippen LogP contribution is 2.35. The molecule has 3 amide bonds. The third kappa shape index (κ3) is 3.99. The number of hydrogen-bond donors (Lipinski definition) is 1. The van der Waals surface area contributed by atoms with Crippen LogP contribution in [0.4, 0.5) is 18.9 Å². The number of alkyl halides is 3. The van der Waals surface area contributed by atoms with Gasteiger partial charge in [0.2, 0.25) is 5.91 Å². The van der Waals surface area contributed by atoms with E-state index < -0.39 is 41.2 Å². The molecule has 4 rings (SSSR count). The number of benzene rings is 3. The van der Waals surface area contributed by atoms with Crippen LogP contribution in [0.2, 0.25) is 0 Å². The molecule has 1 aliphatic rings. The molecular formula is C24H17F3N2O3. The van der Waals surface area contributed by atoms with Crippen LogP contribution in [0.3, 0.4) is 0 Å².